The van der Waals surface area contributed by atoms with Gasteiger partial charge >= 0.3 is 0 Å². The van der Waals surface area contributed by atoms with Crippen molar-refractivity contribution >= 4 is 5.91 Å². The first-order chi connectivity index (χ1) is 11.6. The quantitative estimate of drug-likeness (QED) is 0.908. The molecule has 0 aliphatic heterocycles. The van der Waals surface area contributed by atoms with Crippen LogP contribution in [0, 0.1) is 11.7 Å². The lowest BCUT2D eigenvalue weighted by Gasteiger charge is -2.24. The van der Waals surface area contributed by atoms with Crippen molar-refractivity contribution in [3.8, 4) is 0 Å². The number of amides is 1. The third kappa shape index (κ3) is 3.83. The number of nitrogens with zero attached hydrogens (tertiary/aromatic N) is 2. The average molecular weight is 329 g/mol. The molecule has 1 amide bonds. The van der Waals surface area contributed by atoms with Gasteiger partial charge in [-0.15, -0.1) is 0 Å². The van der Waals surface area contributed by atoms with Crippen LogP contribution in [0.3, 0.4) is 0 Å². The number of hydrogen-bond donors (Lipinski definition) is 1. The second-order valence-electron chi connectivity index (χ2n) is 6.63. The van der Waals surface area contributed by atoms with Crippen molar-refractivity contribution in [3.63, 3.8) is 0 Å². The van der Waals surface area contributed by atoms with Crippen LogP contribution in [-0.2, 0) is 11.8 Å². The number of aromatic nitrogens is 2. The van der Waals surface area contributed by atoms with Crippen LogP contribution in [0.25, 0.3) is 0 Å². The van der Waals surface area contributed by atoms with E-state index in [1.165, 1.54) is 25.3 Å². The highest BCUT2D eigenvalue weighted by atomic mass is 19.1. The first kappa shape index (κ1) is 16.7. The van der Waals surface area contributed by atoms with Crippen LogP contribution in [-0.4, -0.2) is 15.5 Å². The summed E-state index contributed by atoms with van der Waals surface area (Å²) in [6, 6.07) is 5.98. The number of hydrogen-bond acceptors (Lipinski definition) is 2. The Balaban J connectivity index is 1.79. The summed E-state index contributed by atoms with van der Waals surface area (Å²) in [7, 11) is 1.85. The van der Waals surface area contributed by atoms with Gasteiger partial charge in [-0.1, -0.05) is 37.5 Å². The molecule has 1 fully saturated rings. The van der Waals surface area contributed by atoms with Crippen molar-refractivity contribution in [2.24, 2.45) is 13.0 Å². The number of imidazole rings is 1. The summed E-state index contributed by atoms with van der Waals surface area (Å²) in [6.07, 6.45) is 9.87. The summed E-state index contributed by atoms with van der Waals surface area (Å²) in [5.74, 6) is 0.722. The zero-order valence-electron chi connectivity index (χ0n) is 14.0. The molecule has 1 aromatic heterocycles. The largest absolute Gasteiger partial charge is 0.342 e. The molecule has 128 valence electrons. The van der Waals surface area contributed by atoms with Gasteiger partial charge in [0.1, 0.15) is 17.7 Å². The lowest BCUT2D eigenvalue weighted by molar-refractivity contribution is -0.122. The lowest BCUT2D eigenvalue weighted by Crippen LogP contribution is -2.33. The normalized spacial score (nSPS) is 16.8. The SMILES string of the molecule is Cn1ccnc1C(NC(=O)CC1CCCCC1)c1ccccc1F. The summed E-state index contributed by atoms with van der Waals surface area (Å²) in [4.78, 5) is 16.9. The Morgan fingerprint density at radius 3 is 2.75 bits per heavy atom. The van der Waals surface area contributed by atoms with E-state index in [9.17, 15) is 9.18 Å². The van der Waals surface area contributed by atoms with Crippen molar-refractivity contribution in [2.45, 2.75) is 44.6 Å². The van der Waals surface area contributed by atoms with Gasteiger partial charge in [-0.25, -0.2) is 9.37 Å². The molecule has 5 heteroatoms. The molecule has 1 aromatic carbocycles. The van der Waals surface area contributed by atoms with E-state index in [0.29, 0.717) is 23.7 Å². The standard InChI is InChI=1S/C19H24FN3O/c1-23-12-11-21-19(23)18(15-9-5-6-10-16(15)20)22-17(24)13-14-7-3-2-4-8-14/h5-6,9-12,14,18H,2-4,7-8,13H2,1H3,(H,22,24). The van der Waals surface area contributed by atoms with Gasteiger partial charge in [-0.2, -0.15) is 0 Å². The van der Waals surface area contributed by atoms with Gasteiger partial charge in [0, 0.05) is 31.4 Å². The summed E-state index contributed by atoms with van der Waals surface area (Å²) in [5, 5.41) is 3.00. The fraction of sp³-hybridized carbons (Fsp3) is 0.474. The van der Waals surface area contributed by atoms with E-state index in [0.717, 1.165) is 12.8 Å². The average Bonchev–Trinajstić information content (AvgIpc) is 3.00. The lowest BCUT2D eigenvalue weighted by atomic mass is 9.86. The van der Waals surface area contributed by atoms with Crippen molar-refractivity contribution in [1.82, 2.24) is 14.9 Å². The van der Waals surface area contributed by atoms with E-state index in [-0.39, 0.29) is 11.7 Å². The zero-order valence-corrected chi connectivity index (χ0v) is 14.0. The summed E-state index contributed by atoms with van der Waals surface area (Å²) in [6.45, 7) is 0. The number of aryl methyl sites for hydroxylation is 1. The van der Waals surface area contributed by atoms with Gasteiger partial charge in [-0.3, -0.25) is 4.79 Å². The Morgan fingerprint density at radius 2 is 2.08 bits per heavy atom. The number of benzene rings is 1. The van der Waals surface area contributed by atoms with Crippen LogP contribution >= 0.6 is 0 Å². The Hall–Kier alpha value is -2.17. The van der Waals surface area contributed by atoms with Crippen LogP contribution in [0.5, 0.6) is 0 Å². The Bertz CT molecular complexity index is 691. The molecular weight excluding hydrogens is 305 g/mol. The number of rotatable bonds is 5. The highest BCUT2D eigenvalue weighted by Gasteiger charge is 2.25. The molecule has 0 bridgehead atoms. The molecule has 3 rings (SSSR count). The van der Waals surface area contributed by atoms with Crippen LogP contribution < -0.4 is 5.32 Å². The Kier molecular flexibility index (Phi) is 5.28. The number of halogens is 1. The topological polar surface area (TPSA) is 46.9 Å². The molecule has 0 radical (unpaired) electrons. The predicted molar refractivity (Wildman–Crippen MR) is 90.8 cm³/mol. The van der Waals surface area contributed by atoms with Crippen molar-refractivity contribution in [1.29, 1.82) is 0 Å². The first-order valence-electron chi connectivity index (χ1n) is 8.66. The molecule has 1 aliphatic carbocycles. The van der Waals surface area contributed by atoms with Gasteiger partial charge in [-0.05, 0) is 24.8 Å². The maximum absolute atomic E-state index is 14.3. The predicted octanol–water partition coefficient (Wildman–Crippen LogP) is 3.74. The molecule has 1 heterocycles. The van der Waals surface area contributed by atoms with Gasteiger partial charge in [0.15, 0.2) is 0 Å². The third-order valence-electron chi connectivity index (χ3n) is 4.84. The van der Waals surface area contributed by atoms with E-state index in [1.54, 1.807) is 30.6 Å². The van der Waals surface area contributed by atoms with Gasteiger partial charge in [0.2, 0.25) is 5.91 Å². The summed E-state index contributed by atoms with van der Waals surface area (Å²) in [5.41, 5.74) is 0.448. The minimum atomic E-state index is -0.567. The molecule has 1 aliphatic rings. The number of nitrogens with one attached hydrogen (secondary N) is 1. The van der Waals surface area contributed by atoms with Crippen molar-refractivity contribution in [3.05, 3.63) is 53.9 Å². The van der Waals surface area contributed by atoms with E-state index in [2.05, 4.69) is 10.3 Å². The molecule has 4 nitrogen and oxygen atoms in total. The molecule has 2 aromatic rings. The fourth-order valence-electron chi connectivity index (χ4n) is 3.52. The fourth-order valence-corrected chi connectivity index (χ4v) is 3.52. The van der Waals surface area contributed by atoms with Crippen LogP contribution in [0.15, 0.2) is 36.7 Å². The molecule has 1 unspecified atom stereocenters. The van der Waals surface area contributed by atoms with E-state index in [1.807, 2.05) is 11.6 Å². The minimum Gasteiger partial charge on any atom is -0.342 e. The summed E-state index contributed by atoms with van der Waals surface area (Å²) >= 11 is 0. The van der Waals surface area contributed by atoms with E-state index >= 15 is 0 Å². The highest BCUT2D eigenvalue weighted by molar-refractivity contribution is 5.77. The molecular formula is C19H24FN3O. The zero-order chi connectivity index (χ0) is 16.9. The number of carbonyl (C=O) groups excluding carboxylic acids is 1. The molecule has 1 saturated carbocycles. The van der Waals surface area contributed by atoms with E-state index in [4.69, 9.17) is 0 Å². The molecule has 1 atom stereocenters. The Labute approximate surface area is 142 Å². The Morgan fingerprint density at radius 1 is 1.33 bits per heavy atom. The molecule has 0 spiro atoms. The minimum absolute atomic E-state index is 0.0295. The number of carbonyl (C=O) groups is 1. The van der Waals surface area contributed by atoms with Crippen molar-refractivity contribution in [2.75, 3.05) is 0 Å². The maximum Gasteiger partial charge on any atom is 0.221 e. The van der Waals surface area contributed by atoms with Gasteiger partial charge < -0.3 is 9.88 Å². The smallest absolute Gasteiger partial charge is 0.221 e. The molecule has 0 saturated heterocycles. The van der Waals surface area contributed by atoms with Crippen molar-refractivity contribution < 1.29 is 9.18 Å². The molecule has 1 N–H and O–H groups in total. The van der Waals surface area contributed by atoms with Crippen LogP contribution in [0.1, 0.15) is 56.0 Å². The monoisotopic (exact) mass is 329 g/mol. The second-order valence-corrected chi connectivity index (χ2v) is 6.63. The third-order valence-corrected chi connectivity index (χ3v) is 4.84. The van der Waals surface area contributed by atoms with E-state index < -0.39 is 6.04 Å². The molecule has 24 heavy (non-hydrogen) atoms. The van der Waals surface area contributed by atoms with Gasteiger partial charge in [0.25, 0.3) is 0 Å². The maximum atomic E-state index is 14.3. The highest BCUT2D eigenvalue weighted by Crippen LogP contribution is 2.28. The van der Waals surface area contributed by atoms with Crippen LogP contribution in [0.2, 0.25) is 0 Å². The van der Waals surface area contributed by atoms with Crippen LogP contribution in [0.4, 0.5) is 4.39 Å². The second kappa shape index (κ2) is 7.60. The summed E-state index contributed by atoms with van der Waals surface area (Å²) < 4.78 is 16.1. The first-order valence-corrected chi connectivity index (χ1v) is 8.66. The van der Waals surface area contributed by atoms with Gasteiger partial charge in [0.05, 0.1) is 0 Å².